The number of carbonyl (C=O) groups excluding carboxylic acids is 2. The van der Waals surface area contributed by atoms with Crippen LogP contribution in [0.4, 0.5) is 4.79 Å². The first-order valence-corrected chi connectivity index (χ1v) is 9.87. The third-order valence-corrected chi connectivity index (χ3v) is 8.28. The summed E-state index contributed by atoms with van der Waals surface area (Å²) in [6.45, 7) is 4.73. The summed E-state index contributed by atoms with van der Waals surface area (Å²) >= 11 is 0. The van der Waals surface area contributed by atoms with E-state index in [9.17, 15) is 9.59 Å². The first-order chi connectivity index (χ1) is 11.9. The molecule has 4 rings (SSSR count). The minimum Gasteiger partial charge on any atom is -0.438 e. The number of hydrogen-bond donors (Lipinski definition) is 0. The highest BCUT2D eigenvalue weighted by molar-refractivity contribution is 5.91. The van der Waals surface area contributed by atoms with Crippen molar-refractivity contribution in [3.05, 3.63) is 11.6 Å². The fourth-order valence-electron chi connectivity index (χ4n) is 6.87. The van der Waals surface area contributed by atoms with Crippen molar-refractivity contribution in [1.82, 2.24) is 0 Å². The van der Waals surface area contributed by atoms with E-state index in [1.165, 1.54) is 25.5 Å². The van der Waals surface area contributed by atoms with E-state index in [1.54, 1.807) is 0 Å². The van der Waals surface area contributed by atoms with E-state index < -0.39 is 6.16 Å². The molecule has 0 bridgehead atoms. The molecule has 4 heteroatoms. The Morgan fingerprint density at radius 2 is 1.88 bits per heavy atom. The molecule has 3 fully saturated rings. The van der Waals surface area contributed by atoms with Crippen LogP contribution in [0.3, 0.4) is 0 Å². The molecular weight excluding hydrogens is 316 g/mol. The van der Waals surface area contributed by atoms with Gasteiger partial charge >= 0.3 is 6.16 Å². The first kappa shape index (κ1) is 17.1. The van der Waals surface area contributed by atoms with Crippen molar-refractivity contribution in [3.63, 3.8) is 0 Å². The van der Waals surface area contributed by atoms with Gasteiger partial charge in [0.05, 0.1) is 7.11 Å². The predicted molar refractivity (Wildman–Crippen MR) is 94.0 cm³/mol. The molecule has 0 radical (unpaired) electrons. The summed E-state index contributed by atoms with van der Waals surface area (Å²) in [4.78, 5) is 23.5. The van der Waals surface area contributed by atoms with Gasteiger partial charge < -0.3 is 9.47 Å². The van der Waals surface area contributed by atoms with Gasteiger partial charge in [-0.2, -0.15) is 0 Å². The predicted octanol–water partition coefficient (Wildman–Crippen LogP) is 4.67. The Morgan fingerprint density at radius 1 is 1.08 bits per heavy atom. The largest absolute Gasteiger partial charge is 0.508 e. The number of carbonyl (C=O) groups is 2. The first-order valence-electron chi connectivity index (χ1n) is 9.87. The SMILES string of the molecule is COC(=O)OC1CCC2C3CCC4=CC(=O)CCC4(C)C3CCC12C. The van der Waals surface area contributed by atoms with E-state index in [1.807, 2.05) is 6.08 Å². The molecule has 0 spiro atoms. The molecule has 0 heterocycles. The van der Waals surface area contributed by atoms with Crippen LogP contribution in [-0.2, 0) is 14.3 Å². The summed E-state index contributed by atoms with van der Waals surface area (Å²) in [5.41, 5.74) is 1.70. The molecular formula is C21H30O4. The fraction of sp³-hybridized carbons (Fsp3) is 0.810. The fourth-order valence-corrected chi connectivity index (χ4v) is 6.87. The highest BCUT2D eigenvalue weighted by Crippen LogP contribution is 2.65. The van der Waals surface area contributed by atoms with Gasteiger partial charge in [-0.3, -0.25) is 4.79 Å². The van der Waals surface area contributed by atoms with Gasteiger partial charge in [0.1, 0.15) is 6.10 Å². The maximum Gasteiger partial charge on any atom is 0.508 e. The zero-order valence-electron chi connectivity index (χ0n) is 15.7. The quantitative estimate of drug-likeness (QED) is 0.647. The normalized spacial score (nSPS) is 45.7. The van der Waals surface area contributed by atoms with Crippen LogP contribution in [-0.4, -0.2) is 25.2 Å². The summed E-state index contributed by atoms with van der Waals surface area (Å²) in [7, 11) is 1.38. The van der Waals surface area contributed by atoms with Crippen molar-refractivity contribution >= 4 is 11.9 Å². The monoisotopic (exact) mass is 346 g/mol. The standard InChI is InChI=1S/C21H30O4/c1-20-10-8-14(22)12-13(20)4-5-15-16-6-7-18(25-19(23)24-3)21(16,2)11-9-17(15)20/h12,15-18H,4-11H2,1-3H3. The number of ether oxygens (including phenoxy) is 2. The highest BCUT2D eigenvalue weighted by Gasteiger charge is 2.60. The molecule has 0 aromatic rings. The Labute approximate surface area is 150 Å². The van der Waals surface area contributed by atoms with Crippen LogP contribution in [0.15, 0.2) is 11.6 Å². The third kappa shape index (κ3) is 2.47. The molecule has 25 heavy (non-hydrogen) atoms. The lowest BCUT2D eigenvalue weighted by molar-refractivity contribution is -0.118. The number of allylic oxidation sites excluding steroid dienone is 1. The van der Waals surface area contributed by atoms with E-state index in [-0.39, 0.29) is 16.9 Å². The lowest BCUT2D eigenvalue weighted by Gasteiger charge is -2.57. The van der Waals surface area contributed by atoms with E-state index in [4.69, 9.17) is 9.47 Å². The Bertz CT molecular complexity index is 623. The molecule has 0 N–H and O–H groups in total. The molecule has 4 aliphatic rings. The molecule has 0 aromatic heterocycles. The van der Waals surface area contributed by atoms with E-state index >= 15 is 0 Å². The maximum atomic E-state index is 11.9. The van der Waals surface area contributed by atoms with E-state index in [2.05, 4.69) is 13.8 Å². The minimum atomic E-state index is -0.541. The van der Waals surface area contributed by atoms with Crippen molar-refractivity contribution in [2.24, 2.45) is 28.6 Å². The molecule has 6 atom stereocenters. The summed E-state index contributed by atoms with van der Waals surface area (Å²) in [6, 6.07) is 0. The zero-order valence-corrected chi connectivity index (χ0v) is 15.7. The number of methoxy groups -OCH3 is 1. The Kier molecular flexibility index (Phi) is 4.01. The van der Waals surface area contributed by atoms with Crippen molar-refractivity contribution in [2.45, 2.75) is 71.3 Å². The average molecular weight is 346 g/mol. The van der Waals surface area contributed by atoms with Crippen LogP contribution in [0, 0.1) is 28.6 Å². The molecule has 0 saturated heterocycles. The van der Waals surface area contributed by atoms with Crippen molar-refractivity contribution < 1.29 is 19.1 Å². The Morgan fingerprint density at radius 3 is 2.64 bits per heavy atom. The maximum absolute atomic E-state index is 11.9. The van der Waals surface area contributed by atoms with Gasteiger partial charge in [0, 0.05) is 11.8 Å². The number of ketones is 1. The lowest BCUT2D eigenvalue weighted by Crippen LogP contribution is -2.51. The van der Waals surface area contributed by atoms with Gasteiger partial charge in [0.2, 0.25) is 0 Å². The zero-order chi connectivity index (χ0) is 17.8. The summed E-state index contributed by atoms with van der Waals surface area (Å²) in [5, 5.41) is 0. The van der Waals surface area contributed by atoms with Gasteiger partial charge in [0.25, 0.3) is 0 Å². The topological polar surface area (TPSA) is 52.6 Å². The molecule has 0 aromatic carbocycles. The van der Waals surface area contributed by atoms with Crippen LogP contribution in [0.25, 0.3) is 0 Å². The van der Waals surface area contributed by atoms with E-state index in [0.717, 1.165) is 32.1 Å². The molecule has 4 aliphatic carbocycles. The van der Waals surface area contributed by atoms with Crippen molar-refractivity contribution in [3.8, 4) is 0 Å². The summed E-state index contributed by atoms with van der Waals surface area (Å²) in [6.07, 6.45) is 9.78. The summed E-state index contributed by atoms with van der Waals surface area (Å²) in [5.74, 6) is 2.31. The van der Waals surface area contributed by atoms with Gasteiger partial charge in [-0.1, -0.05) is 19.4 Å². The lowest BCUT2D eigenvalue weighted by atomic mass is 9.47. The third-order valence-electron chi connectivity index (χ3n) is 8.28. The number of hydrogen-bond acceptors (Lipinski definition) is 4. The van der Waals surface area contributed by atoms with Gasteiger partial charge in [-0.15, -0.1) is 0 Å². The molecule has 6 unspecified atom stereocenters. The van der Waals surface area contributed by atoms with Gasteiger partial charge in [-0.05, 0) is 74.2 Å². The molecule has 0 aliphatic heterocycles. The molecule has 0 amide bonds. The molecule has 4 nitrogen and oxygen atoms in total. The second-order valence-electron chi connectivity index (χ2n) is 9.15. The molecule has 3 saturated carbocycles. The van der Waals surface area contributed by atoms with Crippen LogP contribution in [0.5, 0.6) is 0 Å². The van der Waals surface area contributed by atoms with Crippen LogP contribution in [0.2, 0.25) is 0 Å². The molecule has 138 valence electrons. The van der Waals surface area contributed by atoms with Crippen LogP contribution >= 0.6 is 0 Å². The van der Waals surface area contributed by atoms with Crippen molar-refractivity contribution in [1.29, 1.82) is 0 Å². The second-order valence-corrected chi connectivity index (χ2v) is 9.15. The number of rotatable bonds is 1. The minimum absolute atomic E-state index is 0.0106. The van der Waals surface area contributed by atoms with E-state index in [0.29, 0.717) is 30.0 Å². The number of fused-ring (bicyclic) bond motifs is 5. The van der Waals surface area contributed by atoms with Gasteiger partial charge in [-0.25, -0.2) is 4.79 Å². The van der Waals surface area contributed by atoms with Gasteiger partial charge in [0.15, 0.2) is 5.78 Å². The Hall–Kier alpha value is -1.32. The summed E-state index contributed by atoms with van der Waals surface area (Å²) < 4.78 is 10.4. The van der Waals surface area contributed by atoms with Crippen LogP contribution < -0.4 is 0 Å². The average Bonchev–Trinajstić information content (AvgIpc) is 2.92. The smallest absolute Gasteiger partial charge is 0.438 e. The van der Waals surface area contributed by atoms with Crippen LogP contribution in [0.1, 0.15) is 65.2 Å². The van der Waals surface area contributed by atoms with Crippen molar-refractivity contribution in [2.75, 3.05) is 7.11 Å². The second kappa shape index (κ2) is 5.85. The highest BCUT2D eigenvalue weighted by atomic mass is 16.7. The Balaban J connectivity index is 1.59.